The first-order valence-corrected chi connectivity index (χ1v) is 11.2. The molecular weight excluding hydrogens is 541 g/mol. The average Bonchev–Trinajstić information content (AvgIpc) is 3.07. The van der Waals surface area contributed by atoms with Crippen LogP contribution in [0.1, 0.15) is 39.1 Å². The van der Waals surface area contributed by atoms with Gasteiger partial charge in [0.05, 0.1) is 6.54 Å². The van der Waals surface area contributed by atoms with Gasteiger partial charge in [-0.2, -0.15) is 0 Å². The minimum Gasteiger partial charge on any atom is -0.375 e. The third-order valence-electron chi connectivity index (χ3n) is 5.48. The summed E-state index contributed by atoms with van der Waals surface area (Å²) in [5, 5.41) is 8.04. The Morgan fingerprint density at radius 2 is 1.97 bits per heavy atom. The number of amides is 5. The molecule has 1 saturated heterocycles. The Labute approximate surface area is 202 Å². The van der Waals surface area contributed by atoms with Gasteiger partial charge in [0.15, 0.2) is 0 Å². The molecule has 2 aromatic carbocycles. The smallest absolute Gasteiger partial charge is 0.255 e. The van der Waals surface area contributed by atoms with E-state index in [0.29, 0.717) is 28.9 Å². The average molecular weight is 561 g/mol. The van der Waals surface area contributed by atoms with Crippen molar-refractivity contribution in [3.8, 4) is 0 Å². The number of carbonyl (C=O) groups is 5. The monoisotopic (exact) mass is 561 g/mol. The Balaban J connectivity index is 1.42. The number of carbonyl (C=O) groups excluding carboxylic acids is 5. The van der Waals surface area contributed by atoms with Crippen LogP contribution in [0.15, 0.2) is 36.4 Å². The lowest BCUT2D eigenvalue weighted by molar-refractivity contribution is -0.137. The molecule has 0 spiro atoms. The van der Waals surface area contributed by atoms with Gasteiger partial charge in [0.25, 0.3) is 5.91 Å². The van der Waals surface area contributed by atoms with Crippen molar-refractivity contribution >= 4 is 63.5 Å². The lowest BCUT2D eigenvalue weighted by Gasteiger charge is -2.29. The SMILES string of the molecule is NC(=O)c1cccc(NC(=O)CNc2cc3c(cc2I)C(=O)N(C2CCC(=O)NC2=O)C3)c1. The first kappa shape index (κ1) is 22.7. The molecular formula is C22H20IN5O5. The van der Waals surface area contributed by atoms with Gasteiger partial charge in [0.1, 0.15) is 6.04 Å². The van der Waals surface area contributed by atoms with E-state index < -0.39 is 17.9 Å². The lowest BCUT2D eigenvalue weighted by Crippen LogP contribution is -2.52. The summed E-state index contributed by atoms with van der Waals surface area (Å²) in [6.45, 7) is 0.207. The van der Waals surface area contributed by atoms with E-state index in [4.69, 9.17) is 5.73 Å². The number of primary amides is 1. The topological polar surface area (TPSA) is 151 Å². The summed E-state index contributed by atoms with van der Waals surface area (Å²) in [5.74, 6) is -1.96. The van der Waals surface area contributed by atoms with E-state index in [2.05, 4.69) is 38.5 Å². The molecule has 0 aromatic heterocycles. The van der Waals surface area contributed by atoms with E-state index in [-0.39, 0.29) is 37.2 Å². The van der Waals surface area contributed by atoms with E-state index in [9.17, 15) is 24.0 Å². The van der Waals surface area contributed by atoms with Crippen LogP contribution in [0.4, 0.5) is 11.4 Å². The van der Waals surface area contributed by atoms with Crippen LogP contribution in [0, 0.1) is 3.57 Å². The number of benzene rings is 2. The van der Waals surface area contributed by atoms with Crippen molar-refractivity contribution in [2.45, 2.75) is 25.4 Å². The van der Waals surface area contributed by atoms with Crippen molar-refractivity contribution in [2.24, 2.45) is 5.73 Å². The van der Waals surface area contributed by atoms with E-state index in [1.54, 1.807) is 30.3 Å². The Morgan fingerprint density at radius 3 is 2.70 bits per heavy atom. The quantitative estimate of drug-likeness (QED) is 0.308. The molecule has 33 heavy (non-hydrogen) atoms. The molecule has 1 atom stereocenters. The molecule has 170 valence electrons. The largest absolute Gasteiger partial charge is 0.375 e. The number of nitrogens with two attached hydrogens (primary N) is 1. The fourth-order valence-corrected chi connectivity index (χ4v) is 4.51. The van der Waals surface area contributed by atoms with E-state index >= 15 is 0 Å². The summed E-state index contributed by atoms with van der Waals surface area (Å²) >= 11 is 2.07. The van der Waals surface area contributed by atoms with Crippen LogP contribution >= 0.6 is 22.6 Å². The van der Waals surface area contributed by atoms with Gasteiger partial charge < -0.3 is 21.3 Å². The van der Waals surface area contributed by atoms with Crippen LogP contribution in [0.2, 0.25) is 0 Å². The number of piperidine rings is 1. The van der Waals surface area contributed by atoms with Gasteiger partial charge in [-0.05, 0) is 64.9 Å². The molecule has 10 nitrogen and oxygen atoms in total. The Kier molecular flexibility index (Phi) is 6.31. The first-order chi connectivity index (χ1) is 15.7. The Hall–Kier alpha value is -3.48. The molecule has 2 aliphatic rings. The number of rotatable bonds is 6. The first-order valence-electron chi connectivity index (χ1n) is 10.1. The summed E-state index contributed by atoms with van der Waals surface area (Å²) in [4.78, 5) is 61.6. The molecule has 2 aliphatic heterocycles. The number of anilines is 2. The van der Waals surface area contributed by atoms with Gasteiger partial charge in [0.2, 0.25) is 23.6 Å². The van der Waals surface area contributed by atoms with Crippen LogP contribution in [-0.4, -0.2) is 47.0 Å². The highest BCUT2D eigenvalue weighted by atomic mass is 127. The van der Waals surface area contributed by atoms with Crippen molar-refractivity contribution < 1.29 is 24.0 Å². The fraction of sp³-hybridized carbons (Fsp3) is 0.227. The zero-order chi connectivity index (χ0) is 23.7. The van der Waals surface area contributed by atoms with E-state index in [1.807, 2.05) is 0 Å². The van der Waals surface area contributed by atoms with Crippen LogP contribution in [0.3, 0.4) is 0 Å². The Morgan fingerprint density at radius 1 is 1.18 bits per heavy atom. The number of hydrogen-bond acceptors (Lipinski definition) is 6. The minimum atomic E-state index is -0.682. The second-order valence-electron chi connectivity index (χ2n) is 7.74. The number of imide groups is 1. The summed E-state index contributed by atoms with van der Waals surface area (Å²) in [5.41, 5.74) is 7.92. The minimum absolute atomic E-state index is 0.0413. The summed E-state index contributed by atoms with van der Waals surface area (Å²) in [6.07, 6.45) is 0.488. The molecule has 1 unspecified atom stereocenters. The molecule has 5 N–H and O–H groups in total. The zero-order valence-electron chi connectivity index (χ0n) is 17.3. The van der Waals surface area contributed by atoms with Crippen LogP contribution < -0.4 is 21.7 Å². The normalized spacial score (nSPS) is 17.4. The maximum absolute atomic E-state index is 12.9. The molecule has 2 heterocycles. The molecule has 1 fully saturated rings. The molecule has 0 saturated carbocycles. The maximum atomic E-state index is 12.9. The number of nitrogens with zero attached hydrogens (tertiary/aromatic N) is 1. The zero-order valence-corrected chi connectivity index (χ0v) is 19.5. The number of fused-ring (bicyclic) bond motifs is 1. The van der Waals surface area contributed by atoms with Crippen LogP contribution in [0.25, 0.3) is 0 Å². The second-order valence-corrected chi connectivity index (χ2v) is 8.90. The highest BCUT2D eigenvalue weighted by Crippen LogP contribution is 2.32. The van der Waals surface area contributed by atoms with Crippen LogP contribution in [-0.2, 0) is 20.9 Å². The molecule has 0 aliphatic carbocycles. The third kappa shape index (κ3) is 4.82. The van der Waals surface area contributed by atoms with Crippen LogP contribution in [0.5, 0.6) is 0 Å². The Bertz CT molecular complexity index is 1200. The molecule has 5 amide bonds. The number of hydrogen-bond donors (Lipinski definition) is 4. The van der Waals surface area contributed by atoms with Gasteiger partial charge in [-0.3, -0.25) is 29.3 Å². The second kappa shape index (κ2) is 9.17. The predicted molar refractivity (Wildman–Crippen MR) is 127 cm³/mol. The van der Waals surface area contributed by atoms with Crippen molar-refractivity contribution in [3.05, 3.63) is 56.7 Å². The highest BCUT2D eigenvalue weighted by molar-refractivity contribution is 14.1. The summed E-state index contributed by atoms with van der Waals surface area (Å²) in [7, 11) is 0. The van der Waals surface area contributed by atoms with E-state index in [1.165, 1.54) is 11.0 Å². The van der Waals surface area contributed by atoms with E-state index in [0.717, 1.165) is 9.13 Å². The molecule has 4 rings (SSSR count). The van der Waals surface area contributed by atoms with Crippen molar-refractivity contribution in [3.63, 3.8) is 0 Å². The number of nitrogens with one attached hydrogen (secondary N) is 3. The summed E-state index contributed by atoms with van der Waals surface area (Å²) < 4.78 is 0.744. The molecule has 0 bridgehead atoms. The van der Waals surface area contributed by atoms with Gasteiger partial charge in [0, 0.05) is 39.0 Å². The highest BCUT2D eigenvalue weighted by Gasteiger charge is 2.39. The molecule has 11 heteroatoms. The third-order valence-corrected chi connectivity index (χ3v) is 6.37. The van der Waals surface area contributed by atoms with Gasteiger partial charge in [-0.15, -0.1) is 0 Å². The van der Waals surface area contributed by atoms with Gasteiger partial charge >= 0.3 is 0 Å². The predicted octanol–water partition coefficient (Wildman–Crippen LogP) is 1.20. The molecule has 2 aromatic rings. The number of halogens is 1. The van der Waals surface area contributed by atoms with Gasteiger partial charge in [-0.25, -0.2) is 0 Å². The standard InChI is InChI=1S/C22H20IN5O5/c23-15-8-14-12(10-28(22(14)33)17-4-5-18(29)27-21(17)32)7-16(15)25-9-19(30)26-13-3-1-2-11(6-13)20(24)31/h1-3,6-8,17,25H,4-5,9-10H2,(H2,24,31)(H,26,30)(H,27,29,32). The lowest BCUT2D eigenvalue weighted by atomic mass is 10.0. The van der Waals surface area contributed by atoms with Crippen molar-refractivity contribution in [1.82, 2.24) is 10.2 Å². The van der Waals surface area contributed by atoms with Crippen molar-refractivity contribution in [2.75, 3.05) is 17.2 Å². The van der Waals surface area contributed by atoms with Crippen molar-refractivity contribution in [1.29, 1.82) is 0 Å². The maximum Gasteiger partial charge on any atom is 0.255 e. The fourth-order valence-electron chi connectivity index (χ4n) is 3.86. The molecule has 0 radical (unpaired) electrons. The van der Waals surface area contributed by atoms with Gasteiger partial charge in [-0.1, -0.05) is 6.07 Å². The summed E-state index contributed by atoms with van der Waals surface area (Å²) in [6, 6.07) is 9.16.